The van der Waals surface area contributed by atoms with Crippen LogP contribution in [0.3, 0.4) is 0 Å². The maximum atomic E-state index is 14.9. The van der Waals surface area contributed by atoms with Crippen molar-refractivity contribution in [3.8, 4) is 5.75 Å². The van der Waals surface area contributed by atoms with Crippen molar-refractivity contribution in [2.75, 3.05) is 57.4 Å². The van der Waals surface area contributed by atoms with Gasteiger partial charge in [-0.15, -0.1) is 0 Å². The molecule has 1 aromatic carbocycles. The maximum absolute atomic E-state index is 14.9. The molecule has 10 nitrogen and oxygen atoms in total. The second-order valence-corrected chi connectivity index (χ2v) is 11.4. The van der Waals surface area contributed by atoms with Gasteiger partial charge in [0.15, 0.2) is 17.4 Å². The Morgan fingerprint density at radius 1 is 1.15 bits per heavy atom. The molecule has 2 amide bonds. The minimum atomic E-state index is -0.380. The highest BCUT2D eigenvalue weighted by atomic mass is 19.1. The number of morpholine rings is 1. The van der Waals surface area contributed by atoms with Gasteiger partial charge in [-0.2, -0.15) is 4.98 Å². The Labute approximate surface area is 240 Å². The first-order valence-electron chi connectivity index (χ1n) is 14.7. The fourth-order valence-electron chi connectivity index (χ4n) is 5.47. The van der Waals surface area contributed by atoms with Gasteiger partial charge in [0.05, 0.1) is 26.4 Å². The molecule has 222 valence electrons. The second-order valence-electron chi connectivity index (χ2n) is 11.4. The van der Waals surface area contributed by atoms with E-state index in [0.29, 0.717) is 69.9 Å². The second kappa shape index (κ2) is 13.5. The molecule has 1 N–H and O–H groups in total. The lowest BCUT2D eigenvalue weighted by Gasteiger charge is -2.30. The average Bonchev–Trinajstić information content (AvgIpc) is 3.51. The number of nitrogens with zero attached hydrogens (tertiary/aromatic N) is 4. The van der Waals surface area contributed by atoms with Crippen LogP contribution in [0.15, 0.2) is 28.8 Å². The van der Waals surface area contributed by atoms with Crippen LogP contribution in [0.1, 0.15) is 63.3 Å². The van der Waals surface area contributed by atoms with Crippen LogP contribution >= 0.6 is 0 Å². The number of aromatic nitrogens is 2. The number of benzene rings is 1. The Balaban J connectivity index is 1.05. The van der Waals surface area contributed by atoms with Gasteiger partial charge < -0.3 is 29.1 Å². The fraction of sp³-hybridized carbons (Fsp3) is 0.600. The number of allylic oxidation sites excluding steroid dienone is 2. The van der Waals surface area contributed by atoms with Crippen LogP contribution in [0.4, 0.5) is 10.4 Å². The molecule has 2 fully saturated rings. The van der Waals surface area contributed by atoms with Gasteiger partial charge in [0, 0.05) is 38.0 Å². The first-order valence-corrected chi connectivity index (χ1v) is 14.7. The van der Waals surface area contributed by atoms with Crippen LogP contribution in [0.25, 0.3) is 5.57 Å². The summed E-state index contributed by atoms with van der Waals surface area (Å²) in [5.41, 5.74) is 1.84. The van der Waals surface area contributed by atoms with E-state index in [0.717, 1.165) is 37.1 Å². The van der Waals surface area contributed by atoms with Gasteiger partial charge in [0.2, 0.25) is 11.8 Å². The van der Waals surface area contributed by atoms with Gasteiger partial charge in [-0.1, -0.05) is 31.1 Å². The number of anilines is 1. The van der Waals surface area contributed by atoms with Gasteiger partial charge in [0.1, 0.15) is 0 Å². The molecule has 3 heterocycles. The number of hydrogen-bond donors (Lipinski definition) is 1. The summed E-state index contributed by atoms with van der Waals surface area (Å²) in [4.78, 5) is 33.2. The van der Waals surface area contributed by atoms with Crippen LogP contribution in [0, 0.1) is 17.7 Å². The van der Waals surface area contributed by atoms with Gasteiger partial charge in [0.25, 0.3) is 0 Å². The highest BCUT2D eigenvalue weighted by Gasteiger charge is 2.26. The topological polar surface area (TPSA) is 110 Å². The molecule has 1 aliphatic carbocycles. The van der Waals surface area contributed by atoms with Crippen molar-refractivity contribution in [3.63, 3.8) is 0 Å². The molecule has 1 unspecified atom stereocenters. The molecule has 1 aromatic heterocycles. The molecule has 2 aliphatic heterocycles. The number of carbonyl (C=O) groups excluding carboxylic acids is 2. The SMILES string of the molecule is CC(C)c1noc(N2CCC(COc3ccc(C4=CCC(C(=O)NCC(=O)N5CCOCC5)CC4)cc3F)CC2)n1. The average molecular weight is 570 g/mol. The third-order valence-corrected chi connectivity index (χ3v) is 8.17. The van der Waals surface area contributed by atoms with E-state index in [4.69, 9.17) is 14.0 Å². The van der Waals surface area contributed by atoms with Gasteiger partial charge in [-0.25, -0.2) is 4.39 Å². The summed E-state index contributed by atoms with van der Waals surface area (Å²) < 4.78 is 31.5. The van der Waals surface area contributed by atoms with E-state index >= 15 is 0 Å². The Hall–Kier alpha value is -3.47. The molecule has 3 aliphatic rings. The van der Waals surface area contributed by atoms with Crippen LogP contribution in [-0.2, 0) is 14.3 Å². The number of amides is 2. The predicted molar refractivity (Wildman–Crippen MR) is 151 cm³/mol. The molecular weight excluding hydrogens is 529 g/mol. The quantitative estimate of drug-likeness (QED) is 0.486. The van der Waals surface area contributed by atoms with Crippen molar-refractivity contribution in [1.29, 1.82) is 0 Å². The minimum Gasteiger partial charge on any atom is -0.490 e. The lowest BCUT2D eigenvalue weighted by Crippen LogP contribution is -2.46. The Bertz CT molecular complexity index is 1230. The van der Waals surface area contributed by atoms with E-state index in [1.54, 1.807) is 11.0 Å². The Kier molecular flexibility index (Phi) is 9.53. The molecule has 11 heteroatoms. The highest BCUT2D eigenvalue weighted by molar-refractivity contribution is 5.86. The first-order chi connectivity index (χ1) is 19.9. The molecule has 5 rings (SSSR count). The van der Waals surface area contributed by atoms with Crippen molar-refractivity contribution in [3.05, 3.63) is 41.5 Å². The predicted octanol–water partition coefficient (Wildman–Crippen LogP) is 3.79. The van der Waals surface area contributed by atoms with Crippen molar-refractivity contribution in [1.82, 2.24) is 20.4 Å². The smallest absolute Gasteiger partial charge is 0.324 e. The third-order valence-electron chi connectivity index (χ3n) is 8.17. The molecule has 0 saturated carbocycles. The lowest BCUT2D eigenvalue weighted by atomic mass is 9.86. The van der Waals surface area contributed by atoms with E-state index < -0.39 is 0 Å². The van der Waals surface area contributed by atoms with Crippen molar-refractivity contribution >= 4 is 23.4 Å². The van der Waals surface area contributed by atoms with Crippen molar-refractivity contribution < 1.29 is 28.0 Å². The van der Waals surface area contributed by atoms with E-state index in [2.05, 4.69) is 20.4 Å². The van der Waals surface area contributed by atoms with E-state index in [1.807, 2.05) is 26.0 Å². The van der Waals surface area contributed by atoms with Gasteiger partial charge >= 0.3 is 6.01 Å². The number of rotatable bonds is 9. The third kappa shape index (κ3) is 7.44. The van der Waals surface area contributed by atoms with Gasteiger partial charge in [-0.3, -0.25) is 9.59 Å². The molecule has 2 aromatic rings. The number of piperidine rings is 1. The number of halogens is 1. The molecule has 0 radical (unpaired) electrons. The molecule has 0 bridgehead atoms. The van der Waals surface area contributed by atoms with Crippen LogP contribution in [0.5, 0.6) is 5.75 Å². The lowest BCUT2D eigenvalue weighted by molar-refractivity contribution is -0.137. The molecular formula is C30H40FN5O5. The summed E-state index contributed by atoms with van der Waals surface area (Å²) in [6.07, 6.45) is 5.71. The summed E-state index contributed by atoms with van der Waals surface area (Å²) >= 11 is 0. The van der Waals surface area contributed by atoms with Crippen molar-refractivity contribution in [2.24, 2.45) is 11.8 Å². The minimum absolute atomic E-state index is 0.00942. The zero-order valence-corrected chi connectivity index (χ0v) is 23.9. The molecule has 2 saturated heterocycles. The Morgan fingerprint density at radius 3 is 2.59 bits per heavy atom. The number of nitrogens with one attached hydrogen (secondary N) is 1. The maximum Gasteiger partial charge on any atom is 0.324 e. The number of ether oxygens (including phenoxy) is 2. The van der Waals surface area contributed by atoms with Crippen LogP contribution in [-0.4, -0.2) is 79.4 Å². The highest BCUT2D eigenvalue weighted by Crippen LogP contribution is 2.33. The van der Waals surface area contributed by atoms with E-state index in [-0.39, 0.29) is 41.8 Å². The molecule has 0 spiro atoms. The Morgan fingerprint density at radius 2 is 1.93 bits per heavy atom. The zero-order valence-electron chi connectivity index (χ0n) is 23.9. The van der Waals surface area contributed by atoms with Gasteiger partial charge in [-0.05, 0) is 61.3 Å². The van der Waals surface area contributed by atoms with Crippen LogP contribution < -0.4 is 15.0 Å². The summed E-state index contributed by atoms with van der Waals surface area (Å²) in [6, 6.07) is 5.67. The summed E-state index contributed by atoms with van der Waals surface area (Å²) in [6.45, 7) is 8.32. The molecule has 41 heavy (non-hydrogen) atoms. The first kappa shape index (κ1) is 29.0. The van der Waals surface area contributed by atoms with E-state index in [9.17, 15) is 14.0 Å². The number of hydrogen-bond acceptors (Lipinski definition) is 8. The van der Waals surface area contributed by atoms with Crippen molar-refractivity contribution in [2.45, 2.75) is 51.9 Å². The molecule has 1 atom stereocenters. The number of carbonyl (C=O) groups is 2. The van der Waals surface area contributed by atoms with Crippen LogP contribution in [0.2, 0.25) is 0 Å². The summed E-state index contributed by atoms with van der Waals surface area (Å²) in [5, 5.41) is 6.83. The standard InChI is InChI=1S/C30H40FN5O5/c1-20(2)28-33-30(41-34-28)36-11-9-21(10-12-36)19-40-26-8-7-24(17-25(26)31)22-3-5-23(6-4-22)29(38)32-18-27(37)35-13-15-39-16-14-35/h3,7-8,17,20-21,23H,4-6,9-16,18-19H2,1-2H3,(H,32,38). The fourth-order valence-corrected chi connectivity index (χ4v) is 5.47. The largest absolute Gasteiger partial charge is 0.490 e. The normalized spacial score (nSPS) is 20.2. The zero-order chi connectivity index (χ0) is 28.8. The summed E-state index contributed by atoms with van der Waals surface area (Å²) in [7, 11) is 0. The summed E-state index contributed by atoms with van der Waals surface area (Å²) in [5.74, 6) is 0.759. The van der Waals surface area contributed by atoms with E-state index in [1.165, 1.54) is 6.07 Å². The monoisotopic (exact) mass is 569 g/mol.